The maximum atomic E-state index is 13.2. The van der Waals surface area contributed by atoms with Gasteiger partial charge in [-0.15, -0.1) is 0 Å². The lowest BCUT2D eigenvalue weighted by atomic mass is 10.0. The number of phosphoric acid groups is 2. The number of aliphatic hydroxyl groups is 1. The fraction of sp³-hybridized carbons (Fsp3) is 0.953. The molecule has 0 bridgehead atoms. The number of hydrogen-bond donors (Lipinski definition) is 3. The fourth-order valence-corrected chi connectivity index (χ4v) is 15.0. The van der Waals surface area contributed by atoms with E-state index in [-0.39, 0.29) is 25.7 Å². The van der Waals surface area contributed by atoms with Gasteiger partial charge in [0.25, 0.3) is 0 Å². The van der Waals surface area contributed by atoms with E-state index in [9.17, 15) is 43.2 Å². The highest BCUT2D eigenvalue weighted by molar-refractivity contribution is 7.47. The second kappa shape index (κ2) is 77.4. The topological polar surface area (TPSA) is 237 Å². The molecule has 0 rings (SSSR count). The summed E-state index contributed by atoms with van der Waals surface area (Å²) in [5.74, 6) is -0.530. The third-order valence-corrected chi connectivity index (χ3v) is 22.1. The van der Waals surface area contributed by atoms with E-state index in [0.717, 1.165) is 102 Å². The largest absolute Gasteiger partial charge is 0.472 e. The highest BCUT2D eigenvalue weighted by atomic mass is 31.2. The van der Waals surface area contributed by atoms with Gasteiger partial charge in [0, 0.05) is 25.7 Å². The van der Waals surface area contributed by atoms with E-state index in [1.54, 1.807) is 0 Å². The van der Waals surface area contributed by atoms with E-state index >= 15 is 0 Å². The van der Waals surface area contributed by atoms with Gasteiger partial charge in [-0.25, -0.2) is 9.13 Å². The molecule has 3 N–H and O–H groups in total. The van der Waals surface area contributed by atoms with Crippen molar-refractivity contribution in [2.45, 2.75) is 477 Å². The molecular formula is C86H168O17P2. The summed E-state index contributed by atoms with van der Waals surface area (Å²) in [6.45, 7) is 9.70. The van der Waals surface area contributed by atoms with Crippen molar-refractivity contribution in [3.63, 3.8) is 0 Å². The summed E-state index contributed by atoms with van der Waals surface area (Å²) in [6, 6.07) is 0. The van der Waals surface area contributed by atoms with E-state index in [0.29, 0.717) is 25.7 Å². The summed E-state index contributed by atoms with van der Waals surface area (Å²) >= 11 is 0. The molecule has 0 radical (unpaired) electrons. The Balaban J connectivity index is 5.24. The molecule has 17 nitrogen and oxygen atoms in total. The predicted octanol–water partition coefficient (Wildman–Crippen LogP) is 26.2. The Hall–Kier alpha value is -1.94. The molecule has 2 unspecified atom stereocenters. The molecule has 0 spiro atoms. The number of carbonyl (C=O) groups excluding carboxylic acids is 4. The van der Waals surface area contributed by atoms with Gasteiger partial charge in [-0.1, -0.05) is 408 Å². The molecule has 0 heterocycles. The van der Waals surface area contributed by atoms with E-state index in [2.05, 4.69) is 41.5 Å². The van der Waals surface area contributed by atoms with Gasteiger partial charge in [0.15, 0.2) is 12.2 Å². The van der Waals surface area contributed by atoms with Crippen molar-refractivity contribution in [1.82, 2.24) is 0 Å². The van der Waals surface area contributed by atoms with Crippen molar-refractivity contribution in [2.24, 2.45) is 11.8 Å². The molecule has 0 aromatic heterocycles. The molecule has 0 amide bonds. The highest BCUT2D eigenvalue weighted by Gasteiger charge is 2.30. The summed E-state index contributed by atoms with van der Waals surface area (Å²) in [5, 5.41) is 10.7. The van der Waals surface area contributed by atoms with Gasteiger partial charge in [-0.2, -0.15) is 0 Å². The first-order valence-electron chi connectivity index (χ1n) is 44.5. The zero-order chi connectivity index (χ0) is 77.1. The Morgan fingerprint density at radius 2 is 0.438 bits per heavy atom. The van der Waals surface area contributed by atoms with Gasteiger partial charge in [-0.05, 0) is 37.5 Å². The summed E-state index contributed by atoms with van der Waals surface area (Å²) in [7, 11) is -9.93. The molecule has 0 aliphatic carbocycles. The molecule has 624 valence electrons. The lowest BCUT2D eigenvalue weighted by Crippen LogP contribution is -2.30. The maximum Gasteiger partial charge on any atom is 0.472 e. The number of esters is 4. The smallest absolute Gasteiger partial charge is 0.462 e. The van der Waals surface area contributed by atoms with Gasteiger partial charge in [0.1, 0.15) is 19.3 Å². The van der Waals surface area contributed by atoms with Gasteiger partial charge in [-0.3, -0.25) is 37.3 Å². The lowest BCUT2D eigenvalue weighted by molar-refractivity contribution is -0.161. The SMILES string of the molecule is CCCCCCCCCCCCCCCCCCCCCCCC(=O)O[C@H](COC(=O)CCCCCCCCCCCCCCCCCC(C)C)COP(=O)(O)OC[C@@H](O)COP(=O)(O)OC[C@@H](COC(=O)CCCCCCCCCCCCCC)OC(=O)CCCCCCCCCCCCCC(C)C. The van der Waals surface area contributed by atoms with Crippen LogP contribution >= 0.6 is 15.6 Å². The molecule has 0 aliphatic heterocycles. The van der Waals surface area contributed by atoms with Crippen LogP contribution in [-0.2, 0) is 65.4 Å². The monoisotopic (exact) mass is 1540 g/mol. The summed E-state index contributed by atoms with van der Waals surface area (Å²) in [6.07, 6.45) is 69.4. The van der Waals surface area contributed by atoms with E-state index < -0.39 is 97.5 Å². The molecule has 5 atom stereocenters. The van der Waals surface area contributed by atoms with Crippen molar-refractivity contribution >= 4 is 39.5 Å². The van der Waals surface area contributed by atoms with E-state index in [4.69, 9.17) is 37.0 Å². The van der Waals surface area contributed by atoms with Gasteiger partial charge >= 0.3 is 39.5 Å². The van der Waals surface area contributed by atoms with Crippen LogP contribution in [0.25, 0.3) is 0 Å². The number of ether oxygens (including phenoxy) is 4. The molecule has 0 aromatic carbocycles. The second-order valence-electron chi connectivity index (χ2n) is 31.9. The third-order valence-electron chi connectivity index (χ3n) is 20.2. The average molecular weight is 1540 g/mol. The molecule has 0 saturated heterocycles. The van der Waals surface area contributed by atoms with Crippen LogP contribution in [0.4, 0.5) is 0 Å². The molecule has 105 heavy (non-hydrogen) atoms. The Labute approximate surface area is 645 Å². The van der Waals surface area contributed by atoms with Gasteiger partial charge in [0.2, 0.25) is 0 Å². The Bertz CT molecular complexity index is 2010. The van der Waals surface area contributed by atoms with Crippen LogP contribution in [0.5, 0.6) is 0 Å². The van der Waals surface area contributed by atoms with Crippen LogP contribution in [0.1, 0.15) is 459 Å². The minimum atomic E-state index is -4.97. The zero-order valence-electron chi connectivity index (χ0n) is 69.0. The predicted molar refractivity (Wildman–Crippen MR) is 432 cm³/mol. The highest BCUT2D eigenvalue weighted by Crippen LogP contribution is 2.45. The Morgan fingerprint density at radius 3 is 0.648 bits per heavy atom. The minimum absolute atomic E-state index is 0.107. The second-order valence-corrected chi connectivity index (χ2v) is 34.8. The first-order chi connectivity index (χ1) is 50.9. The van der Waals surface area contributed by atoms with Crippen molar-refractivity contribution in [2.75, 3.05) is 39.6 Å². The number of phosphoric ester groups is 2. The maximum absolute atomic E-state index is 13.2. The Morgan fingerprint density at radius 1 is 0.257 bits per heavy atom. The average Bonchev–Trinajstić information content (AvgIpc) is 0.912. The molecule has 19 heteroatoms. The molecule has 0 aliphatic rings. The Kier molecular flexibility index (Phi) is 76.0. The number of unbranched alkanes of at least 4 members (excludes halogenated alkanes) is 55. The summed E-state index contributed by atoms with van der Waals surface area (Å²) < 4.78 is 68.9. The van der Waals surface area contributed by atoms with Crippen LogP contribution in [0.15, 0.2) is 0 Å². The number of aliphatic hydroxyl groups excluding tert-OH is 1. The van der Waals surface area contributed by atoms with E-state index in [1.165, 1.54) is 276 Å². The fourth-order valence-electron chi connectivity index (χ4n) is 13.4. The number of carbonyl (C=O) groups is 4. The first-order valence-corrected chi connectivity index (χ1v) is 47.5. The molecule has 0 aromatic rings. The van der Waals surface area contributed by atoms with Crippen LogP contribution in [0.3, 0.4) is 0 Å². The minimum Gasteiger partial charge on any atom is -0.462 e. The molecule has 0 saturated carbocycles. The van der Waals surface area contributed by atoms with Crippen molar-refractivity contribution < 1.29 is 80.2 Å². The third kappa shape index (κ3) is 79.9. The van der Waals surface area contributed by atoms with E-state index in [1.807, 2.05) is 0 Å². The van der Waals surface area contributed by atoms with Crippen molar-refractivity contribution in [3.8, 4) is 0 Å². The van der Waals surface area contributed by atoms with Crippen LogP contribution in [-0.4, -0.2) is 96.7 Å². The van der Waals surface area contributed by atoms with Crippen LogP contribution < -0.4 is 0 Å². The van der Waals surface area contributed by atoms with Gasteiger partial charge in [0.05, 0.1) is 26.4 Å². The summed E-state index contributed by atoms with van der Waals surface area (Å²) in [4.78, 5) is 73.2. The van der Waals surface area contributed by atoms with Gasteiger partial charge < -0.3 is 33.8 Å². The van der Waals surface area contributed by atoms with Crippen LogP contribution in [0.2, 0.25) is 0 Å². The lowest BCUT2D eigenvalue weighted by Gasteiger charge is -2.21. The van der Waals surface area contributed by atoms with Crippen LogP contribution in [0, 0.1) is 11.8 Å². The van der Waals surface area contributed by atoms with Crippen molar-refractivity contribution in [3.05, 3.63) is 0 Å². The molecular weight excluding hydrogens is 1370 g/mol. The normalized spacial score (nSPS) is 13.8. The quantitative estimate of drug-likeness (QED) is 0.0222. The first kappa shape index (κ1) is 103. The standard InChI is InChI=1S/C86H168O17P2/c1-7-9-11-13-15-17-19-21-22-23-24-25-26-27-30-34-40-46-52-58-64-70-85(90)102-81(75-97-84(89)69-63-57-51-45-39-33-31-28-29-32-36-42-48-54-60-66-78(3)4)76-100-104(92,93)98-72-80(87)73-99-105(94,95)101-77-82(74-96-83(88)68-62-56-50-44-38-20-18-16-14-12-10-8-2)103-86(91)71-65-59-53-47-41-35-37-43-49-55-61-67-79(5)6/h78-82,87H,7-77H2,1-6H3,(H,92,93)(H,94,95)/t80-,81-,82-/m1/s1. The number of hydrogen-bond acceptors (Lipinski definition) is 15. The zero-order valence-corrected chi connectivity index (χ0v) is 70.8. The van der Waals surface area contributed by atoms with Crippen molar-refractivity contribution in [1.29, 1.82) is 0 Å². The summed E-state index contributed by atoms with van der Waals surface area (Å²) in [5.41, 5.74) is 0. The number of rotatable bonds is 85. The molecule has 0 fully saturated rings.